The third-order valence-electron chi connectivity index (χ3n) is 5.25. The summed E-state index contributed by atoms with van der Waals surface area (Å²) in [5.74, 6) is 5.49. The second-order valence-corrected chi connectivity index (χ2v) is 8.00. The van der Waals surface area contributed by atoms with Gasteiger partial charge in [-0.25, -0.2) is 10.8 Å². The Morgan fingerprint density at radius 3 is 2.67 bits per heavy atom. The van der Waals surface area contributed by atoms with Crippen molar-refractivity contribution in [3.63, 3.8) is 0 Å². The number of carbonyl (C=O) groups excluding carboxylic acids is 2. The molecule has 2 aromatic carbocycles. The van der Waals surface area contributed by atoms with E-state index in [1.54, 1.807) is 32.0 Å². The molecule has 0 bridgehead atoms. The molecule has 6 N–H and O–H groups in total. The number of nitrogens with zero attached hydrogens (tertiary/aromatic N) is 2. The molecule has 3 aromatic rings. The molecule has 1 atom stereocenters. The van der Waals surface area contributed by atoms with Crippen LogP contribution in [0.25, 0.3) is 0 Å². The number of hydrogen-bond donors (Lipinski definition) is 5. The summed E-state index contributed by atoms with van der Waals surface area (Å²) in [6.07, 6.45) is 1.33. The highest BCUT2D eigenvalue weighted by Gasteiger charge is 2.39. The van der Waals surface area contributed by atoms with Crippen LogP contribution in [0.5, 0.6) is 5.75 Å². The number of anilines is 3. The predicted octanol–water partition coefficient (Wildman–Crippen LogP) is 2.32. The molecule has 0 unspecified atom stereocenters. The number of amides is 1. The molecule has 10 nitrogen and oxygen atoms in total. The molecule has 4 rings (SSSR count). The number of nitrogens with one attached hydrogen (secondary N) is 3. The van der Waals surface area contributed by atoms with Gasteiger partial charge in [0.05, 0.1) is 18.2 Å². The number of aliphatic hydroxyl groups is 1. The average molecular weight is 448 g/mol. The molecular formula is C23H24N6O4. The first kappa shape index (κ1) is 22.2. The number of nitrogens with two attached hydrogens (primary N) is 1. The maximum absolute atomic E-state index is 12.4. The number of fused-ring (bicyclic) bond motifs is 1. The van der Waals surface area contributed by atoms with Crippen molar-refractivity contribution in [1.29, 1.82) is 0 Å². The molecule has 1 aliphatic heterocycles. The van der Waals surface area contributed by atoms with Crippen molar-refractivity contribution in [3.05, 3.63) is 71.4 Å². The highest BCUT2D eigenvalue weighted by Crippen LogP contribution is 2.37. The summed E-state index contributed by atoms with van der Waals surface area (Å²) in [6.45, 7) is 3.20. The number of nitrogen functional groups attached to an aromatic ring is 1. The quantitative estimate of drug-likeness (QED) is 0.208. The molecule has 0 radical (unpaired) electrons. The highest BCUT2D eigenvalue weighted by atomic mass is 16.5. The summed E-state index contributed by atoms with van der Waals surface area (Å²) in [5, 5.41) is 16.0. The van der Waals surface area contributed by atoms with Crippen molar-refractivity contribution in [2.75, 3.05) is 17.2 Å². The SMILES string of the molecule is CC1(C)Oc2cc(Nc3ncc(C(=O)NN)c(N[C@H](CO)c4ccccc4)n3)ccc2C1=O. The molecule has 0 fully saturated rings. The van der Waals surface area contributed by atoms with Gasteiger partial charge in [0.15, 0.2) is 5.60 Å². The number of aromatic nitrogens is 2. The lowest BCUT2D eigenvalue weighted by molar-refractivity contribution is 0.0684. The lowest BCUT2D eigenvalue weighted by Gasteiger charge is -2.19. The summed E-state index contributed by atoms with van der Waals surface area (Å²) in [4.78, 5) is 33.2. The number of ketones is 1. The van der Waals surface area contributed by atoms with Crippen LogP contribution in [0.1, 0.15) is 46.2 Å². The third kappa shape index (κ3) is 4.47. The number of ether oxygens (including phenoxy) is 1. The van der Waals surface area contributed by atoms with E-state index in [1.807, 2.05) is 30.3 Å². The first-order valence-corrected chi connectivity index (χ1v) is 10.3. The van der Waals surface area contributed by atoms with Crippen LogP contribution >= 0.6 is 0 Å². The maximum Gasteiger partial charge on any atom is 0.270 e. The molecule has 2 heterocycles. The van der Waals surface area contributed by atoms with E-state index in [0.717, 1.165) is 5.56 Å². The van der Waals surface area contributed by atoms with Crippen molar-refractivity contribution < 1.29 is 19.4 Å². The van der Waals surface area contributed by atoms with Gasteiger partial charge in [-0.2, -0.15) is 4.98 Å². The summed E-state index contributed by atoms with van der Waals surface area (Å²) < 4.78 is 5.75. The number of hydrazine groups is 1. The van der Waals surface area contributed by atoms with Gasteiger partial charge in [0.1, 0.15) is 17.1 Å². The summed E-state index contributed by atoms with van der Waals surface area (Å²) in [6, 6.07) is 13.9. The number of rotatable bonds is 7. The second kappa shape index (κ2) is 8.85. The standard InChI is InChI=1S/C23H24N6O4/c1-23(2)19(31)15-9-8-14(10-18(15)33-23)26-22-25-11-16(21(32)29-24)20(28-22)27-17(12-30)13-6-4-3-5-7-13/h3-11,17,30H,12,24H2,1-2H3,(H,29,32)(H2,25,26,27,28)/t17-/m1/s1. The van der Waals surface area contributed by atoms with Crippen LogP contribution in [0.15, 0.2) is 54.7 Å². The zero-order valence-corrected chi connectivity index (χ0v) is 18.1. The predicted molar refractivity (Wildman–Crippen MR) is 122 cm³/mol. The fourth-order valence-electron chi connectivity index (χ4n) is 3.53. The zero-order chi connectivity index (χ0) is 23.6. The van der Waals surface area contributed by atoms with Gasteiger partial charge in [0, 0.05) is 18.0 Å². The first-order valence-electron chi connectivity index (χ1n) is 10.3. The average Bonchev–Trinajstić information content (AvgIpc) is 3.05. The van der Waals surface area contributed by atoms with Crippen molar-refractivity contribution in [1.82, 2.24) is 15.4 Å². The van der Waals surface area contributed by atoms with Crippen LogP contribution in [-0.2, 0) is 0 Å². The largest absolute Gasteiger partial charge is 0.479 e. The Kier molecular flexibility index (Phi) is 5.95. The van der Waals surface area contributed by atoms with Crippen LogP contribution < -0.4 is 26.6 Å². The fourth-order valence-corrected chi connectivity index (χ4v) is 3.53. The summed E-state index contributed by atoms with van der Waals surface area (Å²) in [5.41, 5.74) is 3.20. The van der Waals surface area contributed by atoms with Gasteiger partial charge in [0.25, 0.3) is 5.91 Å². The van der Waals surface area contributed by atoms with Crippen LogP contribution in [0.2, 0.25) is 0 Å². The molecule has 0 saturated heterocycles. The van der Waals surface area contributed by atoms with Crippen LogP contribution in [0, 0.1) is 0 Å². The highest BCUT2D eigenvalue weighted by molar-refractivity contribution is 6.07. The molecule has 1 aromatic heterocycles. The van der Waals surface area contributed by atoms with Gasteiger partial charge in [0.2, 0.25) is 11.7 Å². The van der Waals surface area contributed by atoms with Gasteiger partial charge in [-0.15, -0.1) is 0 Å². The number of carbonyl (C=O) groups is 2. The van der Waals surface area contributed by atoms with Gasteiger partial charge in [-0.1, -0.05) is 30.3 Å². The third-order valence-corrected chi connectivity index (χ3v) is 5.25. The van der Waals surface area contributed by atoms with E-state index in [1.165, 1.54) is 6.20 Å². The smallest absolute Gasteiger partial charge is 0.270 e. The molecule has 10 heteroatoms. The van der Waals surface area contributed by atoms with Gasteiger partial charge >= 0.3 is 0 Å². The number of hydrogen-bond acceptors (Lipinski definition) is 9. The molecule has 33 heavy (non-hydrogen) atoms. The van der Waals surface area contributed by atoms with E-state index in [-0.39, 0.29) is 29.7 Å². The molecular weight excluding hydrogens is 424 g/mol. The zero-order valence-electron chi connectivity index (χ0n) is 18.1. The van der Waals surface area contributed by atoms with E-state index in [2.05, 4.69) is 26.0 Å². The molecule has 0 saturated carbocycles. The lowest BCUT2D eigenvalue weighted by Crippen LogP contribution is -2.31. The van der Waals surface area contributed by atoms with Gasteiger partial charge in [-0.05, 0) is 31.5 Å². The minimum Gasteiger partial charge on any atom is -0.479 e. The molecule has 0 aliphatic carbocycles. The number of aliphatic hydroxyl groups excluding tert-OH is 1. The van der Waals surface area contributed by atoms with Crippen molar-refractivity contribution in [3.8, 4) is 5.75 Å². The van der Waals surface area contributed by atoms with E-state index >= 15 is 0 Å². The normalized spacial score (nSPS) is 14.7. The fraction of sp³-hybridized carbons (Fsp3) is 0.217. The maximum atomic E-state index is 12.4. The van der Waals surface area contributed by atoms with Gasteiger partial charge in [-0.3, -0.25) is 15.0 Å². The minimum absolute atomic E-state index is 0.0834. The first-order chi connectivity index (χ1) is 15.8. The lowest BCUT2D eigenvalue weighted by atomic mass is 10.00. The van der Waals surface area contributed by atoms with Crippen LogP contribution in [0.3, 0.4) is 0 Å². The van der Waals surface area contributed by atoms with E-state index in [0.29, 0.717) is 17.0 Å². The summed E-state index contributed by atoms with van der Waals surface area (Å²) in [7, 11) is 0. The monoisotopic (exact) mass is 448 g/mol. The Labute approximate surface area is 190 Å². The van der Waals surface area contributed by atoms with Crippen LogP contribution in [0.4, 0.5) is 17.5 Å². The second-order valence-electron chi connectivity index (χ2n) is 8.00. The molecule has 1 amide bonds. The number of benzene rings is 2. The van der Waals surface area contributed by atoms with Crippen molar-refractivity contribution >= 4 is 29.1 Å². The van der Waals surface area contributed by atoms with E-state index < -0.39 is 17.6 Å². The Bertz CT molecular complexity index is 1200. The Morgan fingerprint density at radius 2 is 1.97 bits per heavy atom. The van der Waals surface area contributed by atoms with Crippen molar-refractivity contribution in [2.24, 2.45) is 5.84 Å². The number of Topliss-reactive ketones (excluding diaryl/α,β-unsaturated/α-hetero) is 1. The van der Waals surface area contributed by atoms with Crippen molar-refractivity contribution in [2.45, 2.75) is 25.5 Å². The topological polar surface area (TPSA) is 151 Å². The minimum atomic E-state index is -0.914. The Hall–Kier alpha value is -4.02. The Balaban J connectivity index is 1.63. The molecule has 170 valence electrons. The van der Waals surface area contributed by atoms with E-state index in [9.17, 15) is 14.7 Å². The van der Waals surface area contributed by atoms with Crippen LogP contribution in [-0.4, -0.2) is 39.0 Å². The Morgan fingerprint density at radius 1 is 1.21 bits per heavy atom. The molecule has 0 spiro atoms. The molecule has 1 aliphatic rings. The van der Waals surface area contributed by atoms with Gasteiger partial charge < -0.3 is 20.5 Å². The summed E-state index contributed by atoms with van der Waals surface area (Å²) >= 11 is 0. The van der Waals surface area contributed by atoms with E-state index in [4.69, 9.17) is 10.6 Å².